The Balaban J connectivity index is 1.40. The second-order valence-corrected chi connectivity index (χ2v) is 10.3. The zero-order valence-corrected chi connectivity index (χ0v) is 20.8. The van der Waals surface area contributed by atoms with Gasteiger partial charge in [0, 0.05) is 43.1 Å². The number of carbonyl (C=O) groups excluding carboxylic acids is 1. The maximum atomic E-state index is 12.7. The van der Waals surface area contributed by atoms with Crippen LogP contribution in [0.25, 0.3) is 28.2 Å². The molecular formula is C29H30N6O2. The minimum absolute atomic E-state index is 0.0122. The van der Waals surface area contributed by atoms with Crippen molar-refractivity contribution in [1.29, 1.82) is 5.26 Å². The van der Waals surface area contributed by atoms with Gasteiger partial charge in [0.25, 0.3) is 0 Å². The number of aliphatic hydroxyl groups is 1. The summed E-state index contributed by atoms with van der Waals surface area (Å²) in [4.78, 5) is 31.3. The summed E-state index contributed by atoms with van der Waals surface area (Å²) in [5.41, 5.74) is 5.74. The molecule has 8 nitrogen and oxygen atoms in total. The van der Waals surface area contributed by atoms with Crippen LogP contribution in [0.5, 0.6) is 0 Å². The largest absolute Gasteiger partial charge is 0.396 e. The number of nitrogens with zero attached hydrogens (tertiary/aromatic N) is 6. The highest BCUT2D eigenvalue weighted by Gasteiger charge is 2.41. The van der Waals surface area contributed by atoms with Crippen LogP contribution in [0.2, 0.25) is 0 Å². The zero-order valence-electron chi connectivity index (χ0n) is 20.8. The second-order valence-electron chi connectivity index (χ2n) is 10.3. The molecule has 2 saturated carbocycles. The number of hydrogen-bond acceptors (Lipinski definition) is 7. The van der Waals surface area contributed by atoms with Crippen LogP contribution in [0, 0.1) is 17.2 Å². The van der Waals surface area contributed by atoms with E-state index in [0.717, 1.165) is 59.2 Å². The standard InChI is InChI=1S/C29H30N6O2/c1-2-21-16-31-28-22(4-3-5-24(28)32-21)23-14-20(15-30)29(33-27(23)19-8-9-19)34-11-12-35(26(37)10-13-36)25(17-34)18-6-7-18/h2-5,14,16,18-19,25,36H,1,6-13,17H2. The van der Waals surface area contributed by atoms with Crippen molar-refractivity contribution in [3.63, 3.8) is 0 Å². The van der Waals surface area contributed by atoms with Gasteiger partial charge in [-0.25, -0.2) is 9.97 Å². The number of carbonyl (C=O) groups is 1. The van der Waals surface area contributed by atoms with E-state index in [4.69, 9.17) is 4.98 Å². The van der Waals surface area contributed by atoms with E-state index in [0.29, 0.717) is 42.9 Å². The van der Waals surface area contributed by atoms with Gasteiger partial charge in [0.2, 0.25) is 5.91 Å². The first-order chi connectivity index (χ1) is 18.1. The van der Waals surface area contributed by atoms with Crippen molar-refractivity contribution in [3.05, 3.63) is 54.0 Å². The zero-order chi connectivity index (χ0) is 25.5. The highest BCUT2D eigenvalue weighted by Crippen LogP contribution is 2.46. The van der Waals surface area contributed by atoms with E-state index in [2.05, 4.69) is 27.5 Å². The minimum atomic E-state index is -0.129. The lowest BCUT2D eigenvalue weighted by molar-refractivity contribution is -0.135. The summed E-state index contributed by atoms with van der Waals surface area (Å²) in [5.74, 6) is 1.57. The van der Waals surface area contributed by atoms with E-state index in [1.165, 1.54) is 0 Å². The monoisotopic (exact) mass is 494 g/mol. The van der Waals surface area contributed by atoms with Crippen LogP contribution in [0.4, 0.5) is 5.82 Å². The molecule has 1 aliphatic heterocycles. The number of para-hydroxylation sites is 1. The van der Waals surface area contributed by atoms with Crippen LogP contribution >= 0.6 is 0 Å². The first kappa shape index (κ1) is 23.6. The first-order valence-electron chi connectivity index (χ1n) is 13.1. The molecule has 8 heteroatoms. The summed E-state index contributed by atoms with van der Waals surface area (Å²) in [6.45, 7) is 5.53. The van der Waals surface area contributed by atoms with Gasteiger partial charge in [0.05, 0.1) is 46.8 Å². The normalized spacial score (nSPS) is 19.6. The molecule has 0 bridgehead atoms. The first-order valence-corrected chi connectivity index (χ1v) is 13.1. The lowest BCUT2D eigenvalue weighted by atomic mass is 9.97. The van der Waals surface area contributed by atoms with Crippen LogP contribution in [-0.2, 0) is 4.79 Å². The van der Waals surface area contributed by atoms with Gasteiger partial charge in [0.1, 0.15) is 11.9 Å². The molecule has 1 aromatic carbocycles. The number of hydrogen-bond donors (Lipinski definition) is 1. The highest BCUT2D eigenvalue weighted by molar-refractivity contribution is 5.93. The number of benzene rings is 1. The number of nitriles is 1. The van der Waals surface area contributed by atoms with Gasteiger partial charge in [-0.3, -0.25) is 9.78 Å². The Morgan fingerprint density at radius 2 is 2.03 bits per heavy atom. The molecule has 1 amide bonds. The Morgan fingerprint density at radius 1 is 1.19 bits per heavy atom. The number of piperazine rings is 1. The summed E-state index contributed by atoms with van der Waals surface area (Å²) < 4.78 is 0. The third-order valence-corrected chi connectivity index (χ3v) is 7.74. The van der Waals surface area contributed by atoms with Crippen molar-refractivity contribution < 1.29 is 9.90 Å². The molecular weight excluding hydrogens is 464 g/mol. The molecule has 6 rings (SSSR count). The lowest BCUT2D eigenvalue weighted by Gasteiger charge is -2.42. The number of aliphatic hydroxyl groups excluding tert-OH is 1. The predicted molar refractivity (Wildman–Crippen MR) is 142 cm³/mol. The van der Waals surface area contributed by atoms with Crippen LogP contribution in [0.15, 0.2) is 37.0 Å². The van der Waals surface area contributed by atoms with Crippen LogP contribution in [0.3, 0.4) is 0 Å². The lowest BCUT2D eigenvalue weighted by Crippen LogP contribution is -2.56. The smallest absolute Gasteiger partial charge is 0.225 e. The molecule has 1 unspecified atom stereocenters. The van der Waals surface area contributed by atoms with E-state index < -0.39 is 0 Å². The highest BCUT2D eigenvalue weighted by atomic mass is 16.3. The SMILES string of the molecule is C=Cc1cnc2c(-c3cc(C#N)c(N4CCN(C(=O)CCO)C(C5CC5)C4)nc3C3CC3)cccc2n1. The van der Waals surface area contributed by atoms with Gasteiger partial charge in [-0.2, -0.15) is 5.26 Å². The average Bonchev–Trinajstić information content (AvgIpc) is 3.85. The molecule has 1 N–H and O–H groups in total. The van der Waals surface area contributed by atoms with Gasteiger partial charge >= 0.3 is 0 Å². The fourth-order valence-electron chi connectivity index (χ4n) is 5.53. The molecule has 3 fully saturated rings. The minimum Gasteiger partial charge on any atom is -0.396 e. The number of aromatic nitrogens is 3. The van der Waals surface area contributed by atoms with Crippen LogP contribution < -0.4 is 4.90 Å². The summed E-state index contributed by atoms with van der Waals surface area (Å²) in [6, 6.07) is 10.4. The third kappa shape index (κ3) is 4.44. The van der Waals surface area contributed by atoms with Gasteiger partial charge < -0.3 is 14.9 Å². The quantitative estimate of drug-likeness (QED) is 0.531. The molecule has 1 atom stereocenters. The predicted octanol–water partition coefficient (Wildman–Crippen LogP) is 3.89. The van der Waals surface area contributed by atoms with E-state index in [1.54, 1.807) is 12.3 Å². The van der Waals surface area contributed by atoms with Crippen LogP contribution in [0.1, 0.15) is 55.0 Å². The number of rotatable bonds is 7. The number of pyridine rings is 1. The molecule has 3 heterocycles. The Morgan fingerprint density at radius 3 is 2.73 bits per heavy atom. The van der Waals surface area contributed by atoms with Crippen molar-refractivity contribution in [3.8, 4) is 17.2 Å². The summed E-state index contributed by atoms with van der Waals surface area (Å²) >= 11 is 0. The molecule has 2 aliphatic carbocycles. The average molecular weight is 495 g/mol. The molecule has 37 heavy (non-hydrogen) atoms. The molecule has 2 aromatic heterocycles. The number of amides is 1. The van der Waals surface area contributed by atoms with Crippen LogP contribution in [-0.4, -0.2) is 63.1 Å². The van der Waals surface area contributed by atoms with Crippen molar-refractivity contribution in [1.82, 2.24) is 19.9 Å². The van der Waals surface area contributed by atoms with E-state index >= 15 is 0 Å². The van der Waals surface area contributed by atoms with Crippen molar-refractivity contribution >= 4 is 28.8 Å². The van der Waals surface area contributed by atoms with Gasteiger partial charge in [-0.1, -0.05) is 18.7 Å². The Hall–Kier alpha value is -3.83. The van der Waals surface area contributed by atoms with E-state index in [-0.39, 0.29) is 25.0 Å². The van der Waals surface area contributed by atoms with Crippen molar-refractivity contribution in [2.24, 2.45) is 5.92 Å². The summed E-state index contributed by atoms with van der Waals surface area (Å²) in [5, 5.41) is 19.5. The molecule has 3 aromatic rings. The molecule has 0 radical (unpaired) electrons. The maximum absolute atomic E-state index is 12.7. The molecule has 1 saturated heterocycles. The molecule has 0 spiro atoms. The number of anilines is 1. The van der Waals surface area contributed by atoms with Gasteiger partial charge in [-0.05, 0) is 49.8 Å². The Labute approximate surface area is 216 Å². The third-order valence-electron chi connectivity index (χ3n) is 7.74. The maximum Gasteiger partial charge on any atom is 0.225 e. The van der Waals surface area contributed by atoms with E-state index in [1.807, 2.05) is 29.2 Å². The van der Waals surface area contributed by atoms with Crippen molar-refractivity contribution in [2.75, 3.05) is 31.1 Å². The molecule has 3 aliphatic rings. The second kappa shape index (κ2) is 9.56. The fraction of sp³-hybridized carbons (Fsp3) is 0.414. The number of fused-ring (bicyclic) bond motifs is 1. The fourth-order valence-corrected chi connectivity index (χ4v) is 5.53. The topological polar surface area (TPSA) is 106 Å². The summed E-state index contributed by atoms with van der Waals surface area (Å²) in [6.07, 6.45) is 7.95. The molecule has 188 valence electrons. The van der Waals surface area contributed by atoms with Crippen molar-refractivity contribution in [2.45, 2.75) is 44.1 Å². The van der Waals surface area contributed by atoms with E-state index in [9.17, 15) is 15.2 Å². The van der Waals surface area contributed by atoms with Gasteiger partial charge in [0.15, 0.2) is 0 Å². The summed E-state index contributed by atoms with van der Waals surface area (Å²) in [7, 11) is 0. The Kier molecular flexibility index (Phi) is 6.09. The Bertz CT molecular complexity index is 1420. The van der Waals surface area contributed by atoms with Gasteiger partial charge in [-0.15, -0.1) is 0 Å².